The molecule has 1 unspecified atom stereocenters. The molecule has 0 saturated heterocycles. The van der Waals surface area contributed by atoms with E-state index in [1.807, 2.05) is 12.1 Å². The largest absolute Gasteiger partial charge is 0.309 e. The number of nitrogens with zero attached hydrogens (tertiary/aromatic N) is 6. The summed E-state index contributed by atoms with van der Waals surface area (Å²) in [6.45, 7) is 0. The predicted molar refractivity (Wildman–Crippen MR) is 205 cm³/mol. The van der Waals surface area contributed by atoms with Crippen molar-refractivity contribution in [1.82, 2.24) is 19.5 Å². The van der Waals surface area contributed by atoms with Gasteiger partial charge in [-0.1, -0.05) is 78.9 Å². The van der Waals surface area contributed by atoms with Gasteiger partial charge in [0.05, 0.1) is 28.2 Å². The molecule has 1 aliphatic heterocycles. The molecule has 242 valence electrons. The maximum atomic E-state index is 9.41. The minimum Gasteiger partial charge on any atom is -0.309 e. The van der Waals surface area contributed by atoms with Crippen LogP contribution in [0.2, 0.25) is 0 Å². The van der Waals surface area contributed by atoms with Crippen LogP contribution >= 0.6 is 0 Å². The highest BCUT2D eigenvalue weighted by Crippen LogP contribution is 2.38. The van der Waals surface area contributed by atoms with Crippen molar-refractivity contribution in [3.05, 3.63) is 187 Å². The molecule has 6 aromatic carbocycles. The SMILES string of the molecule is N#Cc1ccc(-c2nc(-c3ccc(C4c5ccccc5-c5cccc[n+]54)cc3)nc(-c3ccc(-n4c5ccccc5c5ccccc54)cc3)n2)cc1. The van der Waals surface area contributed by atoms with Crippen LogP contribution in [-0.4, -0.2) is 19.5 Å². The van der Waals surface area contributed by atoms with Crippen LogP contribution in [0.15, 0.2) is 170 Å². The van der Waals surface area contributed by atoms with Crippen LogP contribution in [0.3, 0.4) is 0 Å². The Kier molecular flexibility index (Phi) is 6.83. The van der Waals surface area contributed by atoms with E-state index in [4.69, 9.17) is 15.0 Å². The number of fused-ring (bicyclic) bond motifs is 6. The first-order valence-electron chi connectivity index (χ1n) is 17.3. The van der Waals surface area contributed by atoms with E-state index in [1.165, 1.54) is 33.2 Å². The molecule has 4 heterocycles. The third-order valence-electron chi connectivity index (χ3n) is 10.1. The molecule has 10 rings (SSSR count). The van der Waals surface area contributed by atoms with E-state index in [0.717, 1.165) is 33.4 Å². The number of pyridine rings is 1. The van der Waals surface area contributed by atoms with Crippen molar-refractivity contribution < 1.29 is 4.57 Å². The van der Waals surface area contributed by atoms with Crippen LogP contribution in [0.4, 0.5) is 0 Å². The molecule has 0 radical (unpaired) electrons. The molecule has 0 N–H and O–H groups in total. The summed E-state index contributed by atoms with van der Waals surface area (Å²) in [6, 6.07) is 58.6. The van der Waals surface area contributed by atoms with Gasteiger partial charge in [-0.05, 0) is 72.8 Å². The average Bonchev–Trinajstić information content (AvgIpc) is 3.74. The number of nitriles is 1. The van der Waals surface area contributed by atoms with Crippen LogP contribution in [0.1, 0.15) is 22.7 Å². The third-order valence-corrected chi connectivity index (χ3v) is 10.1. The summed E-state index contributed by atoms with van der Waals surface area (Å²) in [5.74, 6) is 1.72. The topological polar surface area (TPSA) is 71.3 Å². The van der Waals surface area contributed by atoms with Gasteiger partial charge in [0.15, 0.2) is 23.7 Å². The minimum atomic E-state index is 0.0811. The molecular weight excluding hydrogens is 637 g/mol. The first-order valence-corrected chi connectivity index (χ1v) is 17.3. The van der Waals surface area contributed by atoms with Gasteiger partial charge >= 0.3 is 0 Å². The van der Waals surface area contributed by atoms with Crippen LogP contribution in [0.25, 0.3) is 72.9 Å². The molecule has 1 atom stereocenters. The molecule has 0 fully saturated rings. The van der Waals surface area contributed by atoms with E-state index in [0.29, 0.717) is 23.0 Å². The maximum Gasteiger partial charge on any atom is 0.213 e. The Morgan fingerprint density at radius 2 is 1.04 bits per heavy atom. The summed E-state index contributed by atoms with van der Waals surface area (Å²) in [6.07, 6.45) is 2.16. The first-order chi connectivity index (χ1) is 25.7. The molecule has 9 aromatic rings. The van der Waals surface area contributed by atoms with Gasteiger partial charge in [-0.15, -0.1) is 0 Å². The highest BCUT2D eigenvalue weighted by Gasteiger charge is 2.36. The smallest absolute Gasteiger partial charge is 0.213 e. The quantitative estimate of drug-likeness (QED) is 0.172. The number of rotatable bonds is 5. The molecular formula is C46H29N6+. The van der Waals surface area contributed by atoms with Gasteiger partial charge < -0.3 is 4.57 Å². The normalized spacial score (nSPS) is 13.2. The van der Waals surface area contributed by atoms with Crippen molar-refractivity contribution >= 4 is 21.8 Å². The van der Waals surface area contributed by atoms with E-state index in [9.17, 15) is 5.26 Å². The van der Waals surface area contributed by atoms with Gasteiger partial charge in [0.2, 0.25) is 11.7 Å². The first kappa shape index (κ1) is 29.7. The Hall–Kier alpha value is -7.23. The number of aromatic nitrogens is 5. The minimum absolute atomic E-state index is 0.0811. The Bertz CT molecular complexity index is 2750. The molecule has 1 aliphatic rings. The van der Waals surface area contributed by atoms with Gasteiger partial charge in [-0.2, -0.15) is 9.83 Å². The third kappa shape index (κ3) is 4.79. The number of para-hydroxylation sites is 2. The molecule has 6 heteroatoms. The molecule has 0 aliphatic carbocycles. The lowest BCUT2D eigenvalue weighted by Gasteiger charge is -2.12. The summed E-state index contributed by atoms with van der Waals surface area (Å²) in [5.41, 5.74) is 11.5. The van der Waals surface area contributed by atoms with Crippen molar-refractivity contribution in [2.45, 2.75) is 6.04 Å². The highest BCUT2D eigenvalue weighted by molar-refractivity contribution is 6.09. The Labute approximate surface area is 300 Å². The number of benzene rings is 6. The summed E-state index contributed by atoms with van der Waals surface area (Å²) in [4.78, 5) is 15.0. The monoisotopic (exact) mass is 665 g/mol. The maximum absolute atomic E-state index is 9.41. The molecule has 0 spiro atoms. The molecule has 52 heavy (non-hydrogen) atoms. The van der Waals surface area contributed by atoms with Crippen molar-refractivity contribution in [2.75, 3.05) is 0 Å². The summed E-state index contributed by atoms with van der Waals surface area (Å²) in [7, 11) is 0. The lowest BCUT2D eigenvalue weighted by Crippen LogP contribution is -2.37. The summed E-state index contributed by atoms with van der Waals surface area (Å²) in [5, 5.41) is 11.9. The van der Waals surface area contributed by atoms with Crippen molar-refractivity contribution in [3.8, 4) is 57.2 Å². The zero-order valence-electron chi connectivity index (χ0n) is 27.9. The van der Waals surface area contributed by atoms with E-state index < -0.39 is 0 Å². The van der Waals surface area contributed by atoms with Crippen LogP contribution in [-0.2, 0) is 0 Å². The number of hydrogen-bond acceptors (Lipinski definition) is 4. The molecule has 0 amide bonds. The summed E-state index contributed by atoms with van der Waals surface area (Å²) >= 11 is 0. The molecule has 0 saturated carbocycles. The average molecular weight is 666 g/mol. The van der Waals surface area contributed by atoms with Crippen molar-refractivity contribution in [3.63, 3.8) is 0 Å². The van der Waals surface area contributed by atoms with Gasteiger partial charge in [0.25, 0.3) is 0 Å². The van der Waals surface area contributed by atoms with Crippen molar-refractivity contribution in [2.24, 2.45) is 0 Å². The Morgan fingerprint density at radius 3 is 1.65 bits per heavy atom. The van der Waals surface area contributed by atoms with Crippen LogP contribution < -0.4 is 4.57 Å². The zero-order valence-corrected chi connectivity index (χ0v) is 27.9. The molecule has 0 bridgehead atoms. The fraction of sp³-hybridized carbons (Fsp3) is 0.0217. The fourth-order valence-corrected chi connectivity index (χ4v) is 7.60. The second kappa shape index (κ2) is 12.0. The van der Waals surface area contributed by atoms with Crippen LogP contribution in [0, 0.1) is 11.3 Å². The van der Waals surface area contributed by atoms with E-state index in [-0.39, 0.29) is 6.04 Å². The Morgan fingerprint density at radius 1 is 0.519 bits per heavy atom. The fourth-order valence-electron chi connectivity index (χ4n) is 7.60. The lowest BCUT2D eigenvalue weighted by atomic mass is 9.96. The highest BCUT2D eigenvalue weighted by atomic mass is 15.0. The van der Waals surface area contributed by atoms with Gasteiger partial charge in [-0.25, -0.2) is 15.0 Å². The van der Waals surface area contributed by atoms with Gasteiger partial charge in [0, 0.05) is 56.4 Å². The van der Waals surface area contributed by atoms with Gasteiger partial charge in [-0.3, -0.25) is 0 Å². The molecule has 3 aromatic heterocycles. The van der Waals surface area contributed by atoms with E-state index in [2.05, 4.69) is 161 Å². The second-order valence-electron chi connectivity index (χ2n) is 13.0. The van der Waals surface area contributed by atoms with E-state index in [1.54, 1.807) is 12.1 Å². The van der Waals surface area contributed by atoms with E-state index >= 15 is 0 Å². The molecule has 6 nitrogen and oxygen atoms in total. The van der Waals surface area contributed by atoms with Crippen molar-refractivity contribution in [1.29, 1.82) is 5.26 Å². The standard InChI is InChI=1S/C46H29N6/c47-29-30-16-18-32(19-17-30)44-48-45(33-22-20-31(21-23-33)43-39-12-2-1-11-38(39)40-13-7-8-28-51(40)43)50-46(49-44)34-24-26-35(27-25-34)52-41-14-5-3-9-36(41)37-10-4-6-15-42(37)52/h1-28,43H/q+1. The Balaban J connectivity index is 1.06. The van der Waals surface area contributed by atoms with Crippen LogP contribution in [0.5, 0.6) is 0 Å². The summed E-state index contributed by atoms with van der Waals surface area (Å²) < 4.78 is 4.64. The number of hydrogen-bond donors (Lipinski definition) is 0. The van der Waals surface area contributed by atoms with Gasteiger partial charge in [0.1, 0.15) is 0 Å². The zero-order chi connectivity index (χ0) is 34.6. The predicted octanol–water partition coefficient (Wildman–Crippen LogP) is 9.75. The second-order valence-corrected chi connectivity index (χ2v) is 13.0. The lowest BCUT2D eigenvalue weighted by molar-refractivity contribution is -0.688.